The largest absolute Gasteiger partial charge is 0.381 e. The Balaban J connectivity index is 1.69. The molecule has 0 aliphatic carbocycles. The van der Waals surface area contributed by atoms with Crippen LogP contribution in [-0.2, 0) is 4.74 Å². The van der Waals surface area contributed by atoms with Crippen molar-refractivity contribution in [2.24, 2.45) is 0 Å². The lowest BCUT2D eigenvalue weighted by Crippen LogP contribution is -2.37. The van der Waals surface area contributed by atoms with Gasteiger partial charge < -0.3 is 9.64 Å². The van der Waals surface area contributed by atoms with Gasteiger partial charge in [0.05, 0.1) is 0 Å². The van der Waals surface area contributed by atoms with Crippen LogP contribution in [0.2, 0.25) is 0 Å². The highest BCUT2D eigenvalue weighted by atomic mass is 16.5. The number of ether oxygens (including phenoxy) is 1. The van der Waals surface area contributed by atoms with Crippen molar-refractivity contribution < 1.29 is 4.74 Å². The molecule has 3 nitrogen and oxygen atoms in total. The molecule has 1 aliphatic rings. The molecule has 3 heteroatoms. The van der Waals surface area contributed by atoms with Gasteiger partial charge in [-0.25, -0.2) is 4.98 Å². The number of aromatic nitrogens is 1. The molecule has 1 aliphatic heterocycles. The second-order valence-electron chi connectivity index (χ2n) is 5.48. The highest BCUT2D eigenvalue weighted by Crippen LogP contribution is 2.19. The minimum atomic E-state index is 0.516. The van der Waals surface area contributed by atoms with Crippen LogP contribution in [-0.4, -0.2) is 31.3 Å². The molecule has 0 bridgehead atoms. The van der Waals surface area contributed by atoms with Gasteiger partial charge in [0.2, 0.25) is 0 Å². The molecular formula is C19H20N2O. The number of benzene rings is 1. The Morgan fingerprint density at radius 2 is 1.73 bits per heavy atom. The summed E-state index contributed by atoms with van der Waals surface area (Å²) in [5, 5.41) is 0. The molecule has 0 unspecified atom stereocenters. The molecule has 0 spiro atoms. The van der Waals surface area contributed by atoms with Gasteiger partial charge in [0, 0.05) is 43.6 Å². The predicted octanol–water partition coefficient (Wildman–Crippen LogP) is 3.10. The van der Waals surface area contributed by atoms with Crippen LogP contribution in [0.1, 0.15) is 24.0 Å². The van der Waals surface area contributed by atoms with Gasteiger partial charge in [0.25, 0.3) is 0 Å². The Morgan fingerprint density at radius 1 is 1.00 bits per heavy atom. The van der Waals surface area contributed by atoms with Gasteiger partial charge in [-0.15, -0.1) is 0 Å². The zero-order chi connectivity index (χ0) is 15.2. The minimum Gasteiger partial charge on any atom is -0.381 e. The molecule has 0 saturated carbocycles. The maximum Gasteiger partial charge on any atom is 0.128 e. The lowest BCUT2D eigenvalue weighted by molar-refractivity contribution is 0.0853. The zero-order valence-electron chi connectivity index (χ0n) is 12.8. The quantitative estimate of drug-likeness (QED) is 0.795. The van der Waals surface area contributed by atoms with E-state index in [9.17, 15) is 0 Å². The van der Waals surface area contributed by atoms with Gasteiger partial charge >= 0.3 is 0 Å². The molecule has 1 aromatic heterocycles. The number of rotatable bonds is 2. The molecule has 1 aromatic carbocycles. The topological polar surface area (TPSA) is 25.4 Å². The molecule has 2 heterocycles. The van der Waals surface area contributed by atoms with Crippen molar-refractivity contribution in [1.82, 2.24) is 4.98 Å². The normalized spacial score (nSPS) is 15.0. The Hall–Kier alpha value is -2.31. The van der Waals surface area contributed by atoms with Crippen LogP contribution in [0.25, 0.3) is 0 Å². The van der Waals surface area contributed by atoms with Crippen LogP contribution in [0.15, 0.2) is 48.7 Å². The van der Waals surface area contributed by atoms with E-state index in [1.165, 1.54) is 0 Å². The SMILES string of the molecule is CN(c1ccc(C#Cc2ccccc2)cn1)C1CCOCC1. The Morgan fingerprint density at radius 3 is 2.41 bits per heavy atom. The molecule has 22 heavy (non-hydrogen) atoms. The predicted molar refractivity (Wildman–Crippen MR) is 88.9 cm³/mol. The summed E-state index contributed by atoms with van der Waals surface area (Å²) in [6.45, 7) is 1.69. The summed E-state index contributed by atoms with van der Waals surface area (Å²) in [4.78, 5) is 6.80. The van der Waals surface area contributed by atoms with Gasteiger partial charge in [-0.1, -0.05) is 30.0 Å². The highest BCUT2D eigenvalue weighted by Gasteiger charge is 2.19. The molecule has 3 rings (SSSR count). The fourth-order valence-corrected chi connectivity index (χ4v) is 2.59. The second kappa shape index (κ2) is 7.11. The lowest BCUT2D eigenvalue weighted by atomic mass is 10.1. The van der Waals surface area contributed by atoms with Crippen molar-refractivity contribution in [2.45, 2.75) is 18.9 Å². The number of nitrogens with zero attached hydrogens (tertiary/aromatic N) is 2. The van der Waals surface area contributed by atoms with Crippen molar-refractivity contribution in [1.29, 1.82) is 0 Å². The van der Waals surface area contributed by atoms with E-state index in [4.69, 9.17) is 4.74 Å². The summed E-state index contributed by atoms with van der Waals surface area (Å²) in [6.07, 6.45) is 3.97. The van der Waals surface area contributed by atoms with Gasteiger partial charge in [-0.3, -0.25) is 0 Å². The molecule has 0 radical (unpaired) electrons. The smallest absolute Gasteiger partial charge is 0.128 e. The maximum atomic E-state index is 5.41. The first-order valence-corrected chi connectivity index (χ1v) is 7.66. The van der Waals surface area contributed by atoms with Crippen LogP contribution < -0.4 is 4.90 Å². The van der Waals surface area contributed by atoms with Crippen molar-refractivity contribution in [3.8, 4) is 11.8 Å². The summed E-state index contributed by atoms with van der Waals surface area (Å²) >= 11 is 0. The minimum absolute atomic E-state index is 0.516. The summed E-state index contributed by atoms with van der Waals surface area (Å²) < 4.78 is 5.41. The van der Waals surface area contributed by atoms with Crippen molar-refractivity contribution >= 4 is 5.82 Å². The molecule has 0 N–H and O–H groups in total. The van der Waals surface area contributed by atoms with E-state index in [-0.39, 0.29) is 0 Å². The van der Waals surface area contributed by atoms with E-state index in [1.54, 1.807) is 0 Å². The molecule has 0 amide bonds. The Kier molecular flexibility index (Phi) is 4.72. The Bertz CT molecular complexity index is 649. The summed E-state index contributed by atoms with van der Waals surface area (Å²) in [5.41, 5.74) is 1.96. The van der Waals surface area contributed by atoms with Gasteiger partial charge in [0.15, 0.2) is 0 Å². The van der Waals surface area contributed by atoms with E-state index in [1.807, 2.05) is 48.7 Å². The summed E-state index contributed by atoms with van der Waals surface area (Å²) in [5.74, 6) is 7.31. The monoisotopic (exact) mass is 292 g/mol. The zero-order valence-corrected chi connectivity index (χ0v) is 12.8. The van der Waals surface area contributed by atoms with Crippen LogP contribution >= 0.6 is 0 Å². The lowest BCUT2D eigenvalue weighted by Gasteiger charge is -2.32. The molecule has 1 saturated heterocycles. The first-order valence-electron chi connectivity index (χ1n) is 7.66. The number of anilines is 1. The van der Waals surface area contributed by atoms with Crippen molar-refractivity contribution in [3.05, 3.63) is 59.8 Å². The third kappa shape index (κ3) is 3.66. The maximum absolute atomic E-state index is 5.41. The van der Waals surface area contributed by atoms with Crippen molar-refractivity contribution in [3.63, 3.8) is 0 Å². The Labute approximate surface area is 131 Å². The average molecular weight is 292 g/mol. The van der Waals surface area contributed by atoms with E-state index >= 15 is 0 Å². The fraction of sp³-hybridized carbons (Fsp3) is 0.316. The second-order valence-corrected chi connectivity index (χ2v) is 5.48. The first-order chi connectivity index (χ1) is 10.8. The van der Waals surface area contributed by atoms with Crippen LogP contribution in [0.3, 0.4) is 0 Å². The van der Waals surface area contributed by atoms with Crippen molar-refractivity contribution in [2.75, 3.05) is 25.2 Å². The van der Waals surface area contributed by atoms with E-state index in [0.717, 1.165) is 43.0 Å². The number of hydrogen-bond acceptors (Lipinski definition) is 3. The standard InChI is InChI=1S/C19H20N2O/c1-21(18-11-13-22-14-12-18)19-10-9-17(15-20-19)8-7-16-5-3-2-4-6-16/h2-6,9-10,15,18H,11-14H2,1H3. The molecule has 2 aromatic rings. The highest BCUT2D eigenvalue weighted by molar-refractivity contribution is 5.46. The molecule has 1 fully saturated rings. The van der Waals surface area contributed by atoms with E-state index in [0.29, 0.717) is 6.04 Å². The van der Waals surface area contributed by atoms with Gasteiger partial charge in [-0.05, 0) is 37.1 Å². The van der Waals surface area contributed by atoms with Crippen LogP contribution in [0, 0.1) is 11.8 Å². The number of hydrogen-bond donors (Lipinski definition) is 0. The third-order valence-electron chi connectivity index (χ3n) is 3.97. The first kappa shape index (κ1) is 14.6. The fourth-order valence-electron chi connectivity index (χ4n) is 2.59. The molecular weight excluding hydrogens is 272 g/mol. The van der Waals surface area contributed by atoms with E-state index < -0.39 is 0 Å². The van der Waals surface area contributed by atoms with Gasteiger partial charge in [0.1, 0.15) is 5.82 Å². The van der Waals surface area contributed by atoms with E-state index in [2.05, 4.69) is 28.8 Å². The third-order valence-corrected chi connectivity index (χ3v) is 3.97. The average Bonchev–Trinajstić information content (AvgIpc) is 2.61. The van der Waals surface area contributed by atoms with Crippen LogP contribution in [0.4, 0.5) is 5.82 Å². The number of pyridine rings is 1. The van der Waals surface area contributed by atoms with Gasteiger partial charge in [-0.2, -0.15) is 0 Å². The summed E-state index contributed by atoms with van der Waals surface area (Å²) in [7, 11) is 2.10. The van der Waals surface area contributed by atoms with Crippen LogP contribution in [0.5, 0.6) is 0 Å². The molecule has 112 valence electrons. The molecule has 0 atom stereocenters. The summed E-state index contributed by atoms with van der Waals surface area (Å²) in [6, 6.07) is 14.6.